The number of Topliss-reactive ketones (excluding diaryl/α,β-unsaturated/α-hetero) is 1. The van der Waals surface area contributed by atoms with E-state index in [9.17, 15) is 9.59 Å². The highest BCUT2D eigenvalue weighted by molar-refractivity contribution is 6.37. The van der Waals surface area contributed by atoms with Crippen molar-refractivity contribution in [3.8, 4) is 17.1 Å². The van der Waals surface area contributed by atoms with Crippen LogP contribution in [0.1, 0.15) is 10.4 Å². The normalized spacial score (nSPS) is 11.0. The Hall–Kier alpha value is -2.50. The van der Waals surface area contributed by atoms with Crippen LogP contribution < -0.4 is 10.2 Å². The van der Waals surface area contributed by atoms with Crippen LogP contribution >= 0.6 is 46.4 Å². The third kappa shape index (κ3) is 4.58. The lowest BCUT2D eigenvalue weighted by Crippen LogP contribution is -2.17. The summed E-state index contributed by atoms with van der Waals surface area (Å²) in [5.74, 6) is -0.365. The second-order valence-electron chi connectivity index (χ2n) is 6.57. The molecule has 0 aliphatic carbocycles. The third-order valence-electron chi connectivity index (χ3n) is 4.50. The maximum atomic E-state index is 13.2. The first kappa shape index (κ1) is 21.7. The van der Waals surface area contributed by atoms with Crippen LogP contribution in [0.5, 0.6) is 5.75 Å². The van der Waals surface area contributed by atoms with Gasteiger partial charge in [-0.2, -0.15) is 0 Å². The summed E-state index contributed by atoms with van der Waals surface area (Å²) in [6, 6.07) is 15.9. The summed E-state index contributed by atoms with van der Waals surface area (Å²) in [5.41, 5.74) is 0.667. The molecule has 0 aliphatic rings. The number of carbonyl (C=O) groups is 1. The maximum Gasteiger partial charge on any atom is 0.235 e. The molecule has 1 aromatic heterocycles. The van der Waals surface area contributed by atoms with E-state index in [1.165, 1.54) is 18.2 Å². The first-order chi connectivity index (χ1) is 14.8. The summed E-state index contributed by atoms with van der Waals surface area (Å²) in [7, 11) is 0. The number of hydrogen-bond donors (Lipinski definition) is 0. The molecule has 3 aromatic carbocycles. The zero-order valence-electron chi connectivity index (χ0n) is 15.6. The van der Waals surface area contributed by atoms with E-state index in [0.29, 0.717) is 26.2 Å². The van der Waals surface area contributed by atoms with Gasteiger partial charge < -0.3 is 9.15 Å². The molecule has 0 spiro atoms. The fraction of sp³-hybridized carbons (Fsp3) is 0.0435. The van der Waals surface area contributed by atoms with Crippen LogP contribution in [0.15, 0.2) is 69.9 Å². The monoisotopic (exact) mass is 492 g/mol. The average molecular weight is 494 g/mol. The highest BCUT2D eigenvalue weighted by atomic mass is 35.5. The molecule has 156 valence electrons. The van der Waals surface area contributed by atoms with Gasteiger partial charge in [0.15, 0.2) is 12.4 Å². The van der Waals surface area contributed by atoms with Gasteiger partial charge in [-0.05, 0) is 60.7 Å². The molecule has 4 nitrogen and oxygen atoms in total. The molecule has 0 bridgehead atoms. The summed E-state index contributed by atoms with van der Waals surface area (Å²) in [6.07, 6.45) is 0. The molecule has 4 aromatic rings. The van der Waals surface area contributed by atoms with Gasteiger partial charge in [0.1, 0.15) is 5.58 Å². The van der Waals surface area contributed by atoms with Gasteiger partial charge in [0.25, 0.3) is 0 Å². The Labute approximate surface area is 196 Å². The van der Waals surface area contributed by atoms with E-state index in [0.717, 1.165) is 0 Å². The van der Waals surface area contributed by atoms with E-state index in [2.05, 4.69) is 0 Å². The van der Waals surface area contributed by atoms with Crippen LogP contribution in [0.25, 0.3) is 22.3 Å². The standard InChI is InChI=1S/C23H12Cl4O4/c24-13-3-1-12(2-4-13)22-23(21(29)17-9-14(25)6-8-20(17)31-22)30-11-19(28)16-7-5-15(26)10-18(16)27/h1-10H,11H2. The predicted octanol–water partition coefficient (Wildman–Crippen LogP) is 7.34. The van der Waals surface area contributed by atoms with Gasteiger partial charge in [0.05, 0.1) is 10.4 Å². The highest BCUT2D eigenvalue weighted by Crippen LogP contribution is 2.32. The van der Waals surface area contributed by atoms with Crippen molar-refractivity contribution in [1.82, 2.24) is 0 Å². The Morgan fingerprint density at radius 1 is 0.839 bits per heavy atom. The molecule has 8 heteroatoms. The fourth-order valence-electron chi connectivity index (χ4n) is 3.00. The predicted molar refractivity (Wildman–Crippen MR) is 124 cm³/mol. The Balaban J connectivity index is 1.78. The van der Waals surface area contributed by atoms with Crippen molar-refractivity contribution in [1.29, 1.82) is 0 Å². The largest absolute Gasteiger partial charge is 0.478 e. The van der Waals surface area contributed by atoms with Crippen LogP contribution in [-0.4, -0.2) is 12.4 Å². The van der Waals surface area contributed by atoms with E-state index >= 15 is 0 Å². The van der Waals surface area contributed by atoms with Gasteiger partial charge in [-0.15, -0.1) is 0 Å². The lowest BCUT2D eigenvalue weighted by molar-refractivity contribution is 0.0920. The molecular formula is C23H12Cl4O4. The molecule has 0 aliphatic heterocycles. The van der Waals surface area contributed by atoms with Crippen LogP contribution in [-0.2, 0) is 0 Å². The number of fused-ring (bicyclic) bond motifs is 1. The number of carbonyl (C=O) groups excluding carboxylic acids is 1. The molecule has 1 heterocycles. The molecule has 31 heavy (non-hydrogen) atoms. The van der Waals surface area contributed by atoms with Gasteiger partial charge in [-0.3, -0.25) is 9.59 Å². The Morgan fingerprint density at radius 2 is 1.48 bits per heavy atom. The SMILES string of the molecule is O=C(COc1c(-c2ccc(Cl)cc2)oc2ccc(Cl)cc2c1=O)c1ccc(Cl)cc1Cl. The zero-order valence-corrected chi connectivity index (χ0v) is 18.6. The summed E-state index contributed by atoms with van der Waals surface area (Å²) in [5, 5.41) is 1.72. The van der Waals surface area contributed by atoms with Crippen molar-refractivity contribution in [2.45, 2.75) is 0 Å². The topological polar surface area (TPSA) is 56.5 Å². The number of hydrogen-bond acceptors (Lipinski definition) is 4. The van der Waals surface area contributed by atoms with Gasteiger partial charge >= 0.3 is 0 Å². The third-order valence-corrected chi connectivity index (χ3v) is 5.53. The number of ketones is 1. The van der Waals surface area contributed by atoms with Crippen LogP contribution in [0.2, 0.25) is 20.1 Å². The second-order valence-corrected chi connectivity index (χ2v) is 8.29. The molecule has 0 saturated carbocycles. The number of rotatable bonds is 5. The quantitative estimate of drug-likeness (QED) is 0.273. The molecule has 0 fully saturated rings. The molecule has 4 rings (SSSR count). The van der Waals surface area contributed by atoms with E-state index in [1.54, 1.807) is 42.5 Å². The first-order valence-corrected chi connectivity index (χ1v) is 10.5. The van der Waals surface area contributed by atoms with Crippen LogP contribution in [0.4, 0.5) is 0 Å². The smallest absolute Gasteiger partial charge is 0.235 e. The van der Waals surface area contributed by atoms with Crippen LogP contribution in [0, 0.1) is 0 Å². The summed E-state index contributed by atoms with van der Waals surface area (Å²) >= 11 is 24.0. The minimum absolute atomic E-state index is 0.115. The summed E-state index contributed by atoms with van der Waals surface area (Å²) < 4.78 is 11.6. The van der Waals surface area contributed by atoms with Crippen molar-refractivity contribution in [2.24, 2.45) is 0 Å². The van der Waals surface area contributed by atoms with E-state index in [-0.39, 0.29) is 27.5 Å². The molecule has 0 atom stereocenters. The number of halogens is 4. The maximum absolute atomic E-state index is 13.2. The van der Waals surface area contributed by atoms with Gasteiger partial charge in [0, 0.05) is 26.2 Å². The molecular weight excluding hydrogens is 482 g/mol. The summed E-state index contributed by atoms with van der Waals surface area (Å²) in [4.78, 5) is 25.8. The van der Waals surface area contributed by atoms with E-state index in [4.69, 9.17) is 55.6 Å². The molecule has 0 saturated heterocycles. The van der Waals surface area contributed by atoms with Crippen molar-refractivity contribution in [2.75, 3.05) is 6.61 Å². The Morgan fingerprint density at radius 3 is 2.19 bits per heavy atom. The second kappa shape index (κ2) is 8.93. The number of ether oxygens (including phenoxy) is 1. The van der Waals surface area contributed by atoms with Gasteiger partial charge in [0.2, 0.25) is 17.0 Å². The van der Waals surface area contributed by atoms with Gasteiger partial charge in [-0.25, -0.2) is 0 Å². The minimum atomic E-state index is -0.455. The molecule has 0 radical (unpaired) electrons. The van der Waals surface area contributed by atoms with Crippen molar-refractivity contribution >= 4 is 63.2 Å². The zero-order chi connectivity index (χ0) is 22.1. The van der Waals surface area contributed by atoms with Crippen molar-refractivity contribution < 1.29 is 13.9 Å². The molecule has 0 unspecified atom stereocenters. The minimum Gasteiger partial charge on any atom is -0.478 e. The van der Waals surface area contributed by atoms with Gasteiger partial charge in [-0.1, -0.05) is 46.4 Å². The highest BCUT2D eigenvalue weighted by Gasteiger charge is 2.20. The number of benzene rings is 3. The van der Waals surface area contributed by atoms with Crippen molar-refractivity contribution in [3.63, 3.8) is 0 Å². The Bertz CT molecular complexity index is 1360. The lowest BCUT2D eigenvalue weighted by Gasteiger charge is -2.12. The van der Waals surface area contributed by atoms with Crippen molar-refractivity contribution in [3.05, 3.63) is 96.5 Å². The molecule has 0 N–H and O–H groups in total. The average Bonchev–Trinajstić information content (AvgIpc) is 2.74. The van der Waals surface area contributed by atoms with E-state index in [1.807, 2.05) is 0 Å². The Kier molecular flexibility index (Phi) is 6.26. The molecule has 0 amide bonds. The summed E-state index contributed by atoms with van der Waals surface area (Å²) in [6.45, 7) is -0.432. The fourth-order valence-corrected chi connectivity index (χ4v) is 3.82. The van der Waals surface area contributed by atoms with E-state index < -0.39 is 17.8 Å². The first-order valence-electron chi connectivity index (χ1n) is 8.97. The van der Waals surface area contributed by atoms with Crippen LogP contribution in [0.3, 0.4) is 0 Å². The lowest BCUT2D eigenvalue weighted by atomic mass is 10.1.